The summed E-state index contributed by atoms with van der Waals surface area (Å²) in [7, 11) is 0. The summed E-state index contributed by atoms with van der Waals surface area (Å²) in [6.07, 6.45) is 1.51. The summed E-state index contributed by atoms with van der Waals surface area (Å²) < 4.78 is 19.5. The van der Waals surface area contributed by atoms with Gasteiger partial charge in [-0.3, -0.25) is 4.79 Å². The summed E-state index contributed by atoms with van der Waals surface area (Å²) in [6, 6.07) is 25.7. The van der Waals surface area contributed by atoms with E-state index in [0.29, 0.717) is 51.8 Å². The van der Waals surface area contributed by atoms with E-state index < -0.39 is 5.91 Å². The van der Waals surface area contributed by atoms with Crippen LogP contribution in [0.5, 0.6) is 17.2 Å². The highest BCUT2D eigenvalue weighted by molar-refractivity contribution is 14.1. The molecule has 0 saturated carbocycles. The third-order valence-electron chi connectivity index (χ3n) is 5.81. The molecule has 214 valence electrons. The Kier molecular flexibility index (Phi) is 11.5. The van der Waals surface area contributed by atoms with Gasteiger partial charge < -0.3 is 19.5 Å². The van der Waals surface area contributed by atoms with Gasteiger partial charge in [-0.15, -0.1) is 0 Å². The summed E-state index contributed by atoms with van der Waals surface area (Å²) in [5.41, 5.74) is 2.97. The van der Waals surface area contributed by atoms with Gasteiger partial charge in [0.1, 0.15) is 30.6 Å². The van der Waals surface area contributed by atoms with E-state index in [0.717, 1.165) is 19.2 Å². The number of benzene rings is 4. The first-order valence-corrected chi connectivity index (χ1v) is 15.3. The zero-order chi connectivity index (χ0) is 30.1. The van der Waals surface area contributed by atoms with E-state index in [-0.39, 0.29) is 12.2 Å². The highest BCUT2D eigenvalue weighted by atomic mass is 127. The second-order valence-corrected chi connectivity index (χ2v) is 11.8. The van der Waals surface area contributed by atoms with Crippen molar-refractivity contribution in [3.05, 3.63) is 119 Å². The number of nitrogens with zero attached hydrogens (tertiary/aromatic N) is 1. The molecule has 0 heterocycles. The van der Waals surface area contributed by atoms with Gasteiger partial charge >= 0.3 is 0 Å². The number of carbonyl (C=O) groups excluding carboxylic acids is 1. The smallest absolute Gasteiger partial charge is 0.266 e. The van der Waals surface area contributed by atoms with Crippen molar-refractivity contribution < 1.29 is 19.0 Å². The normalized spacial score (nSPS) is 11.0. The second kappa shape index (κ2) is 15.3. The number of hydrogen-bond donors (Lipinski definition) is 1. The number of rotatable bonds is 11. The van der Waals surface area contributed by atoms with E-state index >= 15 is 0 Å². The number of ether oxygens (including phenoxy) is 3. The molecule has 0 bridgehead atoms. The SMILES string of the molecule is CCOc1cc(/C=C(\C#N)C(=O)Nc2ccc(OCc3ccc(Br)cc3)cc2)cc(I)c1OCc1ccc(Cl)c(Cl)c1. The fourth-order valence-corrected chi connectivity index (χ4v) is 5.12. The first-order chi connectivity index (χ1) is 20.2. The molecule has 6 nitrogen and oxygen atoms in total. The summed E-state index contributed by atoms with van der Waals surface area (Å²) in [6.45, 7) is 2.94. The van der Waals surface area contributed by atoms with E-state index in [4.69, 9.17) is 37.4 Å². The molecule has 4 aromatic rings. The van der Waals surface area contributed by atoms with Crippen LogP contribution in [0.25, 0.3) is 6.08 Å². The van der Waals surface area contributed by atoms with Gasteiger partial charge in [0, 0.05) is 10.2 Å². The van der Waals surface area contributed by atoms with Gasteiger partial charge in [-0.1, -0.05) is 57.3 Å². The highest BCUT2D eigenvalue weighted by Gasteiger charge is 2.15. The number of nitriles is 1. The molecule has 0 saturated heterocycles. The van der Waals surface area contributed by atoms with Crippen molar-refractivity contribution in [3.8, 4) is 23.3 Å². The molecular formula is C32H24BrCl2IN2O4. The predicted octanol–water partition coefficient (Wildman–Crippen LogP) is 9.46. The minimum atomic E-state index is -0.533. The maximum Gasteiger partial charge on any atom is 0.266 e. The molecule has 1 N–H and O–H groups in total. The molecule has 0 aliphatic carbocycles. The molecule has 0 aliphatic rings. The lowest BCUT2D eigenvalue weighted by molar-refractivity contribution is -0.112. The summed E-state index contributed by atoms with van der Waals surface area (Å²) in [5.74, 6) is 1.17. The van der Waals surface area contributed by atoms with Gasteiger partial charge in [-0.05, 0) is 113 Å². The lowest BCUT2D eigenvalue weighted by Crippen LogP contribution is -2.13. The third kappa shape index (κ3) is 8.88. The molecule has 4 rings (SSSR count). The number of carbonyl (C=O) groups is 1. The van der Waals surface area contributed by atoms with E-state index in [9.17, 15) is 10.1 Å². The standard InChI is InChI=1S/C32H24BrCl2IN2O4/c1-2-40-30-16-22(15-29(36)31(30)42-19-21-5-12-27(34)28(35)14-21)13-23(17-37)32(39)38-25-8-10-26(11-9-25)41-18-20-3-6-24(33)7-4-20/h3-16H,2,18-19H2,1H3,(H,38,39)/b23-13+. The zero-order valence-electron chi connectivity index (χ0n) is 22.3. The number of hydrogen-bond acceptors (Lipinski definition) is 5. The van der Waals surface area contributed by atoms with E-state index in [2.05, 4.69) is 43.8 Å². The van der Waals surface area contributed by atoms with Crippen molar-refractivity contribution in [3.63, 3.8) is 0 Å². The summed E-state index contributed by atoms with van der Waals surface area (Å²) in [4.78, 5) is 12.9. The highest BCUT2D eigenvalue weighted by Crippen LogP contribution is 2.36. The van der Waals surface area contributed by atoms with Crippen molar-refractivity contribution in [2.75, 3.05) is 11.9 Å². The molecule has 0 radical (unpaired) electrons. The fourth-order valence-electron chi connectivity index (χ4n) is 3.75. The van der Waals surface area contributed by atoms with Gasteiger partial charge in [0.05, 0.1) is 20.2 Å². The Morgan fingerprint density at radius 3 is 2.29 bits per heavy atom. The van der Waals surface area contributed by atoms with E-state index in [1.807, 2.05) is 49.4 Å². The van der Waals surface area contributed by atoms with Crippen molar-refractivity contribution in [2.24, 2.45) is 0 Å². The van der Waals surface area contributed by atoms with Crippen LogP contribution in [0.15, 0.2) is 88.9 Å². The molecule has 0 aromatic heterocycles. The van der Waals surface area contributed by atoms with Crippen LogP contribution in [-0.2, 0) is 18.0 Å². The molecule has 0 aliphatic heterocycles. The van der Waals surface area contributed by atoms with Crippen LogP contribution in [0.2, 0.25) is 10.0 Å². The van der Waals surface area contributed by atoms with Gasteiger partial charge in [0.2, 0.25) is 0 Å². The second-order valence-electron chi connectivity index (χ2n) is 8.86. The number of anilines is 1. The van der Waals surface area contributed by atoms with E-state index in [1.165, 1.54) is 6.08 Å². The largest absolute Gasteiger partial charge is 0.490 e. The van der Waals surface area contributed by atoms with Crippen LogP contribution in [0.3, 0.4) is 0 Å². The minimum absolute atomic E-state index is 0.0618. The molecule has 0 atom stereocenters. The Bertz CT molecular complexity index is 1640. The van der Waals surface area contributed by atoms with Gasteiger partial charge in [0.15, 0.2) is 11.5 Å². The average molecular weight is 778 g/mol. The molecule has 4 aromatic carbocycles. The van der Waals surface area contributed by atoms with Crippen LogP contribution in [0.4, 0.5) is 5.69 Å². The third-order valence-corrected chi connectivity index (χ3v) is 7.87. The molecular weight excluding hydrogens is 754 g/mol. The Morgan fingerprint density at radius 1 is 0.929 bits per heavy atom. The minimum Gasteiger partial charge on any atom is -0.490 e. The Morgan fingerprint density at radius 2 is 1.62 bits per heavy atom. The number of amides is 1. The van der Waals surface area contributed by atoms with Crippen LogP contribution >= 0.6 is 61.7 Å². The van der Waals surface area contributed by atoms with Crippen molar-refractivity contribution >= 4 is 79.4 Å². The molecule has 42 heavy (non-hydrogen) atoms. The lowest BCUT2D eigenvalue weighted by atomic mass is 10.1. The Labute approximate surface area is 276 Å². The molecule has 0 fully saturated rings. The lowest BCUT2D eigenvalue weighted by Gasteiger charge is -2.15. The summed E-state index contributed by atoms with van der Waals surface area (Å²) in [5, 5.41) is 13.4. The van der Waals surface area contributed by atoms with Crippen LogP contribution in [-0.4, -0.2) is 12.5 Å². The van der Waals surface area contributed by atoms with Crippen molar-refractivity contribution in [1.82, 2.24) is 0 Å². The van der Waals surface area contributed by atoms with Crippen LogP contribution in [0, 0.1) is 14.9 Å². The number of halogens is 4. The van der Waals surface area contributed by atoms with Crippen molar-refractivity contribution in [2.45, 2.75) is 20.1 Å². The molecule has 0 spiro atoms. The maximum atomic E-state index is 12.9. The molecule has 0 unspecified atom stereocenters. The monoisotopic (exact) mass is 776 g/mol. The zero-order valence-corrected chi connectivity index (χ0v) is 27.6. The van der Waals surface area contributed by atoms with Gasteiger partial charge in [0.25, 0.3) is 5.91 Å². The Balaban J connectivity index is 1.44. The fraction of sp³-hybridized carbons (Fsp3) is 0.125. The molecule has 1 amide bonds. The predicted molar refractivity (Wildman–Crippen MR) is 178 cm³/mol. The molecule has 10 heteroatoms. The van der Waals surface area contributed by atoms with Gasteiger partial charge in [-0.25, -0.2) is 0 Å². The first-order valence-electron chi connectivity index (χ1n) is 12.7. The van der Waals surface area contributed by atoms with Crippen LogP contribution < -0.4 is 19.5 Å². The van der Waals surface area contributed by atoms with Crippen molar-refractivity contribution in [1.29, 1.82) is 5.26 Å². The Hall–Kier alpha value is -3.23. The topological polar surface area (TPSA) is 80.6 Å². The quantitative estimate of drug-likeness (QED) is 0.0933. The van der Waals surface area contributed by atoms with Crippen LogP contribution in [0.1, 0.15) is 23.6 Å². The van der Waals surface area contributed by atoms with Gasteiger partial charge in [-0.2, -0.15) is 5.26 Å². The number of nitrogens with one attached hydrogen (secondary N) is 1. The first kappa shape index (κ1) is 31.7. The summed E-state index contributed by atoms with van der Waals surface area (Å²) >= 11 is 17.7. The maximum absolute atomic E-state index is 12.9. The van der Waals surface area contributed by atoms with E-state index in [1.54, 1.807) is 42.5 Å². The average Bonchev–Trinajstić information content (AvgIpc) is 2.98.